The van der Waals surface area contributed by atoms with E-state index < -0.39 is 17.3 Å². The number of hydrogen-bond acceptors (Lipinski definition) is 4. The molecule has 1 saturated carbocycles. The molecule has 0 atom stereocenters. The predicted octanol–water partition coefficient (Wildman–Crippen LogP) is 3.30. The Bertz CT molecular complexity index is 466. The summed E-state index contributed by atoms with van der Waals surface area (Å²) in [7, 11) is 0. The van der Waals surface area contributed by atoms with Gasteiger partial charge in [0.05, 0.1) is 5.54 Å². The van der Waals surface area contributed by atoms with Gasteiger partial charge in [0.15, 0.2) is 0 Å². The van der Waals surface area contributed by atoms with Gasteiger partial charge < -0.3 is 19.7 Å². The first kappa shape index (κ1) is 17.9. The Morgan fingerprint density at radius 2 is 1.57 bits per heavy atom. The van der Waals surface area contributed by atoms with Gasteiger partial charge in [-0.25, -0.2) is 9.59 Å². The van der Waals surface area contributed by atoms with Crippen LogP contribution < -0.4 is 5.32 Å². The second kappa shape index (κ2) is 5.87. The normalized spacial score (nSPS) is 20.5. The van der Waals surface area contributed by atoms with Crippen LogP contribution in [0.2, 0.25) is 0 Å². The molecule has 1 aliphatic carbocycles. The van der Waals surface area contributed by atoms with Crippen LogP contribution in [0.1, 0.15) is 60.8 Å². The van der Waals surface area contributed by atoms with Crippen molar-refractivity contribution in [2.24, 2.45) is 5.92 Å². The summed E-state index contributed by atoms with van der Waals surface area (Å²) in [6.45, 7) is 12.0. The standard InChI is InChI=1S/C17H30N2O4/c1-15(2,3)22-13(20)18-17(9-12-7-8-12)10-19(11-17)14(21)23-16(4,5)6/h12H,7-11H2,1-6H3,(H,18,20). The van der Waals surface area contributed by atoms with Gasteiger partial charge in [-0.1, -0.05) is 12.8 Å². The molecule has 1 saturated heterocycles. The number of alkyl carbamates (subject to hydrolysis) is 1. The number of hydrogen-bond donors (Lipinski definition) is 1. The molecular formula is C17H30N2O4. The van der Waals surface area contributed by atoms with Crippen molar-refractivity contribution in [1.82, 2.24) is 10.2 Å². The third kappa shape index (κ3) is 5.59. The minimum absolute atomic E-state index is 0.324. The maximum Gasteiger partial charge on any atom is 0.410 e. The number of rotatable bonds is 3. The zero-order chi connectivity index (χ0) is 17.5. The van der Waals surface area contributed by atoms with E-state index in [4.69, 9.17) is 9.47 Å². The molecule has 2 rings (SSSR count). The van der Waals surface area contributed by atoms with Gasteiger partial charge in [0.1, 0.15) is 11.2 Å². The Hall–Kier alpha value is -1.46. The van der Waals surface area contributed by atoms with Crippen LogP contribution >= 0.6 is 0 Å². The number of nitrogens with one attached hydrogen (secondary N) is 1. The van der Waals surface area contributed by atoms with Gasteiger partial charge in [-0.2, -0.15) is 0 Å². The number of carbonyl (C=O) groups excluding carboxylic acids is 2. The van der Waals surface area contributed by atoms with Crippen LogP contribution in [-0.2, 0) is 9.47 Å². The topological polar surface area (TPSA) is 67.9 Å². The zero-order valence-electron chi connectivity index (χ0n) is 15.2. The van der Waals surface area contributed by atoms with E-state index in [1.165, 1.54) is 12.8 Å². The molecule has 6 nitrogen and oxygen atoms in total. The summed E-state index contributed by atoms with van der Waals surface area (Å²) >= 11 is 0. The maximum absolute atomic E-state index is 12.1. The van der Waals surface area contributed by atoms with Crippen LogP contribution in [0, 0.1) is 5.92 Å². The fourth-order valence-corrected chi connectivity index (χ4v) is 2.79. The summed E-state index contributed by atoms with van der Waals surface area (Å²) in [6.07, 6.45) is 2.55. The van der Waals surface area contributed by atoms with Gasteiger partial charge >= 0.3 is 12.2 Å². The Balaban J connectivity index is 1.92. The first-order valence-corrected chi connectivity index (χ1v) is 8.37. The molecule has 23 heavy (non-hydrogen) atoms. The van der Waals surface area contributed by atoms with Gasteiger partial charge in [0, 0.05) is 13.1 Å². The van der Waals surface area contributed by atoms with Gasteiger partial charge in [0.2, 0.25) is 0 Å². The smallest absolute Gasteiger partial charge is 0.410 e. The van der Waals surface area contributed by atoms with Crippen LogP contribution in [0.15, 0.2) is 0 Å². The van der Waals surface area contributed by atoms with Crippen molar-refractivity contribution in [3.05, 3.63) is 0 Å². The van der Waals surface area contributed by atoms with Gasteiger partial charge in [-0.15, -0.1) is 0 Å². The number of likely N-dealkylation sites (tertiary alicyclic amines) is 1. The van der Waals surface area contributed by atoms with Crippen LogP contribution in [0.3, 0.4) is 0 Å². The molecular weight excluding hydrogens is 296 g/mol. The lowest BCUT2D eigenvalue weighted by Crippen LogP contribution is -2.72. The highest BCUT2D eigenvalue weighted by atomic mass is 16.6. The molecule has 132 valence electrons. The third-order valence-electron chi connectivity index (χ3n) is 3.78. The van der Waals surface area contributed by atoms with Crippen molar-refractivity contribution in [3.8, 4) is 0 Å². The molecule has 0 unspecified atom stereocenters. The van der Waals surface area contributed by atoms with E-state index in [9.17, 15) is 9.59 Å². The number of amides is 2. The summed E-state index contributed by atoms with van der Waals surface area (Å²) in [5, 5.41) is 2.99. The van der Waals surface area contributed by atoms with E-state index in [0.29, 0.717) is 19.0 Å². The summed E-state index contributed by atoms with van der Waals surface area (Å²) in [5.74, 6) is 0.644. The van der Waals surface area contributed by atoms with E-state index in [0.717, 1.165) is 6.42 Å². The Kier molecular flexibility index (Phi) is 4.57. The van der Waals surface area contributed by atoms with Crippen molar-refractivity contribution < 1.29 is 19.1 Å². The number of carbonyl (C=O) groups is 2. The number of nitrogens with zero attached hydrogens (tertiary/aromatic N) is 1. The molecule has 6 heteroatoms. The Morgan fingerprint density at radius 3 is 2.00 bits per heavy atom. The van der Waals surface area contributed by atoms with Gasteiger partial charge in [0.25, 0.3) is 0 Å². The second-order valence-corrected chi connectivity index (χ2v) is 8.89. The van der Waals surface area contributed by atoms with Crippen molar-refractivity contribution in [1.29, 1.82) is 0 Å². The van der Waals surface area contributed by atoms with E-state index in [1.807, 2.05) is 41.5 Å². The highest BCUT2D eigenvalue weighted by Gasteiger charge is 2.50. The summed E-state index contributed by atoms with van der Waals surface area (Å²) < 4.78 is 10.7. The first-order chi connectivity index (χ1) is 10.4. The largest absolute Gasteiger partial charge is 0.444 e. The van der Waals surface area contributed by atoms with Crippen molar-refractivity contribution >= 4 is 12.2 Å². The van der Waals surface area contributed by atoms with E-state index in [1.54, 1.807) is 4.90 Å². The molecule has 1 heterocycles. The van der Waals surface area contributed by atoms with E-state index in [2.05, 4.69) is 5.32 Å². The van der Waals surface area contributed by atoms with Crippen LogP contribution in [0.4, 0.5) is 9.59 Å². The van der Waals surface area contributed by atoms with Gasteiger partial charge in [-0.3, -0.25) is 0 Å². The second-order valence-electron chi connectivity index (χ2n) is 8.89. The molecule has 2 fully saturated rings. The highest BCUT2D eigenvalue weighted by molar-refractivity contribution is 5.73. The fourth-order valence-electron chi connectivity index (χ4n) is 2.79. The molecule has 0 aromatic heterocycles. The zero-order valence-corrected chi connectivity index (χ0v) is 15.2. The molecule has 0 bridgehead atoms. The maximum atomic E-state index is 12.1. The van der Waals surface area contributed by atoms with E-state index >= 15 is 0 Å². The summed E-state index contributed by atoms with van der Waals surface area (Å²) in [5.41, 5.74) is -1.41. The molecule has 2 aliphatic rings. The van der Waals surface area contributed by atoms with E-state index in [-0.39, 0.29) is 11.6 Å². The third-order valence-corrected chi connectivity index (χ3v) is 3.78. The predicted molar refractivity (Wildman–Crippen MR) is 87.2 cm³/mol. The van der Waals surface area contributed by atoms with Crippen molar-refractivity contribution in [2.75, 3.05) is 13.1 Å². The summed E-state index contributed by atoms with van der Waals surface area (Å²) in [4.78, 5) is 25.9. The molecule has 2 amide bonds. The molecule has 0 spiro atoms. The average Bonchev–Trinajstić information content (AvgIpc) is 3.03. The lowest BCUT2D eigenvalue weighted by Gasteiger charge is -2.50. The molecule has 0 radical (unpaired) electrons. The minimum atomic E-state index is -0.528. The molecule has 1 N–H and O–H groups in total. The molecule has 1 aliphatic heterocycles. The quantitative estimate of drug-likeness (QED) is 0.864. The van der Waals surface area contributed by atoms with Crippen LogP contribution in [-0.4, -0.2) is 46.9 Å². The Morgan fingerprint density at radius 1 is 1.04 bits per heavy atom. The van der Waals surface area contributed by atoms with Crippen LogP contribution in [0.25, 0.3) is 0 Å². The number of ether oxygens (including phenoxy) is 2. The monoisotopic (exact) mass is 326 g/mol. The van der Waals surface area contributed by atoms with Crippen molar-refractivity contribution in [3.63, 3.8) is 0 Å². The average molecular weight is 326 g/mol. The van der Waals surface area contributed by atoms with Gasteiger partial charge in [-0.05, 0) is 53.9 Å². The summed E-state index contributed by atoms with van der Waals surface area (Å²) in [6, 6.07) is 0. The molecule has 0 aromatic carbocycles. The first-order valence-electron chi connectivity index (χ1n) is 8.37. The van der Waals surface area contributed by atoms with Crippen molar-refractivity contribution in [2.45, 2.75) is 77.5 Å². The fraction of sp³-hybridized carbons (Fsp3) is 0.882. The highest BCUT2D eigenvalue weighted by Crippen LogP contribution is 2.40. The van der Waals surface area contributed by atoms with Crippen LogP contribution in [0.5, 0.6) is 0 Å². The minimum Gasteiger partial charge on any atom is -0.444 e. The molecule has 0 aromatic rings. The SMILES string of the molecule is CC(C)(C)OC(=O)NC1(CC2CC2)CN(C(=O)OC(C)(C)C)C1. The lowest BCUT2D eigenvalue weighted by atomic mass is 9.84. The Labute approximate surface area is 138 Å². The lowest BCUT2D eigenvalue weighted by molar-refractivity contribution is -0.0249.